The van der Waals surface area contributed by atoms with Crippen LogP contribution in [0.1, 0.15) is 38.5 Å². The molecule has 2 saturated heterocycles. The molecule has 0 aliphatic carbocycles. The lowest BCUT2D eigenvalue weighted by molar-refractivity contribution is -0.123. The van der Waals surface area contributed by atoms with E-state index in [0.29, 0.717) is 24.9 Å². The van der Waals surface area contributed by atoms with Crippen LogP contribution in [0.2, 0.25) is 0 Å². The zero-order valence-electron chi connectivity index (χ0n) is 18.2. The molecule has 164 valence electrons. The molecule has 1 amide bonds. The van der Waals surface area contributed by atoms with Crippen LogP contribution < -0.4 is 5.32 Å². The van der Waals surface area contributed by atoms with Crippen molar-refractivity contribution in [2.45, 2.75) is 38.7 Å². The van der Waals surface area contributed by atoms with Crippen molar-refractivity contribution in [3.05, 3.63) is 30.2 Å². The third kappa shape index (κ3) is 5.59. The lowest BCUT2D eigenvalue weighted by atomic mass is 9.97. The standard InChI is InChI=1S/C23H34N4O3/c1-17(2)14-27-11-12-29-19(15-27)13-24-22(28)16-26-9-7-18(8-10-26)23-25-20-5-3-4-6-21(20)30-23/h3-6,17-19H,7-16H2,1-2H3,(H,24,28). The van der Waals surface area contributed by atoms with Gasteiger partial charge >= 0.3 is 0 Å². The molecule has 2 aliphatic rings. The Balaban J connectivity index is 1.18. The Labute approximate surface area is 178 Å². The van der Waals surface area contributed by atoms with Gasteiger partial charge in [0, 0.05) is 32.1 Å². The molecule has 4 rings (SSSR count). The monoisotopic (exact) mass is 414 g/mol. The SMILES string of the molecule is CC(C)CN1CCOC(CNC(=O)CN2CCC(c3nc4ccccc4o3)CC2)C1. The summed E-state index contributed by atoms with van der Waals surface area (Å²) in [6, 6.07) is 7.90. The first-order valence-electron chi connectivity index (χ1n) is 11.3. The maximum absolute atomic E-state index is 12.4. The number of rotatable bonds is 7. The quantitative estimate of drug-likeness (QED) is 0.751. The van der Waals surface area contributed by atoms with Crippen molar-refractivity contribution in [1.82, 2.24) is 20.1 Å². The maximum Gasteiger partial charge on any atom is 0.234 e. The molecule has 30 heavy (non-hydrogen) atoms. The summed E-state index contributed by atoms with van der Waals surface area (Å²) in [5, 5.41) is 3.07. The molecule has 1 aromatic heterocycles. The number of nitrogens with one attached hydrogen (secondary N) is 1. The molecular weight excluding hydrogens is 380 g/mol. The first-order chi connectivity index (χ1) is 14.6. The van der Waals surface area contributed by atoms with Gasteiger partial charge in [-0.15, -0.1) is 0 Å². The van der Waals surface area contributed by atoms with Gasteiger partial charge < -0.3 is 14.5 Å². The van der Waals surface area contributed by atoms with Crippen LogP contribution in [0.15, 0.2) is 28.7 Å². The largest absolute Gasteiger partial charge is 0.440 e. The summed E-state index contributed by atoms with van der Waals surface area (Å²) < 4.78 is 11.8. The van der Waals surface area contributed by atoms with E-state index in [1.165, 1.54) is 0 Å². The van der Waals surface area contributed by atoms with Gasteiger partial charge in [0.25, 0.3) is 0 Å². The summed E-state index contributed by atoms with van der Waals surface area (Å²) >= 11 is 0. The fourth-order valence-corrected chi connectivity index (χ4v) is 4.48. The third-order valence-electron chi connectivity index (χ3n) is 5.99. The number of hydrogen-bond acceptors (Lipinski definition) is 6. The van der Waals surface area contributed by atoms with E-state index in [0.717, 1.165) is 69.2 Å². The summed E-state index contributed by atoms with van der Waals surface area (Å²) in [5.74, 6) is 1.90. The van der Waals surface area contributed by atoms with Crippen molar-refractivity contribution in [1.29, 1.82) is 0 Å². The molecule has 2 aromatic rings. The van der Waals surface area contributed by atoms with Crippen LogP contribution in [-0.2, 0) is 9.53 Å². The number of nitrogens with zero attached hydrogens (tertiary/aromatic N) is 3. The molecule has 1 aromatic carbocycles. The van der Waals surface area contributed by atoms with E-state index in [-0.39, 0.29) is 12.0 Å². The molecule has 7 nitrogen and oxygen atoms in total. The number of carbonyl (C=O) groups excluding carboxylic acids is 1. The van der Waals surface area contributed by atoms with Crippen LogP contribution in [0.4, 0.5) is 0 Å². The Morgan fingerprint density at radius 3 is 2.77 bits per heavy atom. The first-order valence-corrected chi connectivity index (χ1v) is 11.3. The van der Waals surface area contributed by atoms with E-state index in [9.17, 15) is 4.79 Å². The summed E-state index contributed by atoms with van der Waals surface area (Å²) in [7, 11) is 0. The number of fused-ring (bicyclic) bond motifs is 1. The second kappa shape index (κ2) is 9.90. The number of likely N-dealkylation sites (tertiary alicyclic amines) is 1. The molecule has 2 fully saturated rings. The third-order valence-corrected chi connectivity index (χ3v) is 5.99. The van der Waals surface area contributed by atoms with Crippen LogP contribution >= 0.6 is 0 Å². The molecular formula is C23H34N4O3. The number of aromatic nitrogens is 1. The van der Waals surface area contributed by atoms with E-state index >= 15 is 0 Å². The fourth-order valence-electron chi connectivity index (χ4n) is 4.48. The highest BCUT2D eigenvalue weighted by Gasteiger charge is 2.26. The lowest BCUT2D eigenvalue weighted by Crippen LogP contribution is -2.49. The highest BCUT2D eigenvalue weighted by molar-refractivity contribution is 5.78. The van der Waals surface area contributed by atoms with Crippen LogP contribution in [0, 0.1) is 5.92 Å². The van der Waals surface area contributed by atoms with Gasteiger partial charge in [-0.05, 0) is 44.0 Å². The number of ether oxygens (including phenoxy) is 1. The molecule has 7 heteroatoms. The highest BCUT2D eigenvalue weighted by Crippen LogP contribution is 2.29. The minimum atomic E-state index is 0.0832. The number of morpholine rings is 1. The predicted molar refractivity (Wildman–Crippen MR) is 116 cm³/mol. The second-order valence-electron chi connectivity index (χ2n) is 9.02. The van der Waals surface area contributed by atoms with E-state index in [1.54, 1.807) is 0 Å². The van der Waals surface area contributed by atoms with Gasteiger partial charge in [0.05, 0.1) is 19.3 Å². The Kier molecular flexibility index (Phi) is 7.02. The van der Waals surface area contributed by atoms with E-state index < -0.39 is 0 Å². The van der Waals surface area contributed by atoms with Crippen LogP contribution in [0.3, 0.4) is 0 Å². The van der Waals surface area contributed by atoms with Gasteiger partial charge in [-0.25, -0.2) is 4.98 Å². The molecule has 1 N–H and O–H groups in total. The number of para-hydroxylation sites is 2. The Hall–Kier alpha value is -1.96. The summed E-state index contributed by atoms with van der Waals surface area (Å²) in [5.41, 5.74) is 1.78. The Bertz CT molecular complexity index is 796. The van der Waals surface area contributed by atoms with E-state index in [4.69, 9.17) is 9.15 Å². The number of piperidine rings is 1. The van der Waals surface area contributed by atoms with Crippen LogP contribution in [-0.4, -0.2) is 79.2 Å². The molecule has 1 unspecified atom stereocenters. The second-order valence-corrected chi connectivity index (χ2v) is 9.02. The number of benzene rings is 1. The van der Waals surface area contributed by atoms with Crippen LogP contribution in [0.25, 0.3) is 11.1 Å². The Morgan fingerprint density at radius 2 is 2.00 bits per heavy atom. The number of amides is 1. The first kappa shape index (κ1) is 21.3. The van der Waals surface area contributed by atoms with Gasteiger partial charge in [-0.3, -0.25) is 14.6 Å². The molecule has 0 saturated carbocycles. The van der Waals surface area contributed by atoms with Crippen molar-refractivity contribution in [2.75, 3.05) is 52.4 Å². The molecule has 0 bridgehead atoms. The maximum atomic E-state index is 12.4. The van der Waals surface area contributed by atoms with Gasteiger partial charge in [0.15, 0.2) is 11.5 Å². The zero-order chi connectivity index (χ0) is 20.9. The van der Waals surface area contributed by atoms with Gasteiger partial charge in [-0.1, -0.05) is 26.0 Å². The van der Waals surface area contributed by atoms with Crippen molar-refractivity contribution in [3.63, 3.8) is 0 Å². The molecule has 1 atom stereocenters. The van der Waals surface area contributed by atoms with Crippen molar-refractivity contribution in [2.24, 2.45) is 5.92 Å². The van der Waals surface area contributed by atoms with Crippen molar-refractivity contribution >= 4 is 17.0 Å². The number of hydrogen-bond donors (Lipinski definition) is 1. The van der Waals surface area contributed by atoms with Crippen molar-refractivity contribution in [3.8, 4) is 0 Å². The van der Waals surface area contributed by atoms with Gasteiger partial charge in [0.2, 0.25) is 5.91 Å². The summed E-state index contributed by atoms with van der Waals surface area (Å²) in [4.78, 5) is 21.7. The van der Waals surface area contributed by atoms with Gasteiger partial charge in [-0.2, -0.15) is 0 Å². The predicted octanol–water partition coefficient (Wildman–Crippen LogP) is 2.48. The molecule has 0 radical (unpaired) electrons. The highest BCUT2D eigenvalue weighted by atomic mass is 16.5. The average molecular weight is 415 g/mol. The topological polar surface area (TPSA) is 70.8 Å². The van der Waals surface area contributed by atoms with E-state index in [2.05, 4.69) is 33.9 Å². The fraction of sp³-hybridized carbons (Fsp3) is 0.652. The van der Waals surface area contributed by atoms with Crippen LogP contribution in [0.5, 0.6) is 0 Å². The zero-order valence-corrected chi connectivity index (χ0v) is 18.2. The summed E-state index contributed by atoms with van der Waals surface area (Å²) in [6.45, 7) is 11.0. The number of carbonyl (C=O) groups is 1. The summed E-state index contributed by atoms with van der Waals surface area (Å²) in [6.07, 6.45) is 2.03. The smallest absolute Gasteiger partial charge is 0.234 e. The molecule has 0 spiro atoms. The van der Waals surface area contributed by atoms with Gasteiger partial charge in [0.1, 0.15) is 5.52 Å². The van der Waals surface area contributed by atoms with Crippen molar-refractivity contribution < 1.29 is 13.9 Å². The lowest BCUT2D eigenvalue weighted by Gasteiger charge is -2.34. The normalized spacial score (nSPS) is 22.0. The molecule has 3 heterocycles. The number of oxazole rings is 1. The van der Waals surface area contributed by atoms with E-state index in [1.807, 2.05) is 24.3 Å². The molecule has 2 aliphatic heterocycles. The minimum Gasteiger partial charge on any atom is -0.440 e. The minimum absolute atomic E-state index is 0.0832. The Morgan fingerprint density at radius 1 is 1.20 bits per heavy atom. The average Bonchev–Trinajstić information content (AvgIpc) is 3.17.